The normalized spacial score (nSPS) is 14.5. The Morgan fingerprint density at radius 2 is 1.77 bits per heavy atom. The lowest BCUT2D eigenvalue weighted by molar-refractivity contribution is 0.112. The SMILES string of the molecule is O=Cc1c(-c2nc(NCCCN3CCCC3)c3ccccc3n2)oc2ccccc12. The molecule has 2 aromatic heterocycles. The first-order chi connectivity index (χ1) is 14.8. The van der Waals surface area contributed by atoms with Crippen LogP contribution in [0.3, 0.4) is 0 Å². The van der Waals surface area contributed by atoms with Gasteiger partial charge in [-0.15, -0.1) is 0 Å². The van der Waals surface area contributed by atoms with Gasteiger partial charge in [0.05, 0.1) is 11.1 Å². The number of aromatic nitrogens is 2. The molecule has 6 nitrogen and oxygen atoms in total. The van der Waals surface area contributed by atoms with Gasteiger partial charge in [0, 0.05) is 17.3 Å². The van der Waals surface area contributed by atoms with Crippen LogP contribution in [0.5, 0.6) is 0 Å². The van der Waals surface area contributed by atoms with E-state index in [-0.39, 0.29) is 0 Å². The number of nitrogens with zero attached hydrogens (tertiary/aromatic N) is 3. The van der Waals surface area contributed by atoms with Gasteiger partial charge in [-0.25, -0.2) is 9.97 Å². The van der Waals surface area contributed by atoms with Gasteiger partial charge in [-0.3, -0.25) is 4.79 Å². The van der Waals surface area contributed by atoms with Crippen molar-refractivity contribution in [2.75, 3.05) is 31.5 Å². The van der Waals surface area contributed by atoms with Crippen LogP contribution in [0.1, 0.15) is 29.6 Å². The van der Waals surface area contributed by atoms with Gasteiger partial charge < -0.3 is 14.6 Å². The predicted molar refractivity (Wildman–Crippen MR) is 119 cm³/mol. The number of aldehydes is 1. The molecule has 4 aromatic rings. The Balaban J connectivity index is 1.48. The first-order valence-electron chi connectivity index (χ1n) is 10.5. The molecule has 1 aliphatic rings. The van der Waals surface area contributed by atoms with Crippen molar-refractivity contribution in [1.29, 1.82) is 0 Å². The number of hydrogen-bond donors (Lipinski definition) is 1. The van der Waals surface area contributed by atoms with Gasteiger partial charge in [0.1, 0.15) is 11.4 Å². The van der Waals surface area contributed by atoms with E-state index < -0.39 is 0 Å². The minimum atomic E-state index is 0.414. The molecule has 0 spiro atoms. The second kappa shape index (κ2) is 8.24. The third-order valence-corrected chi connectivity index (χ3v) is 5.70. The van der Waals surface area contributed by atoms with E-state index in [4.69, 9.17) is 9.40 Å². The van der Waals surface area contributed by atoms with Crippen molar-refractivity contribution in [2.24, 2.45) is 0 Å². The summed E-state index contributed by atoms with van der Waals surface area (Å²) in [5.41, 5.74) is 1.97. The second-order valence-electron chi connectivity index (χ2n) is 7.70. The highest BCUT2D eigenvalue weighted by molar-refractivity contribution is 6.02. The number of rotatable bonds is 7. The Hall–Kier alpha value is -3.25. The Bertz CT molecular complexity index is 1190. The molecule has 1 saturated heterocycles. The van der Waals surface area contributed by atoms with E-state index in [1.807, 2.05) is 48.5 Å². The summed E-state index contributed by atoms with van der Waals surface area (Å²) in [5, 5.41) is 5.23. The Morgan fingerprint density at radius 3 is 2.60 bits per heavy atom. The highest BCUT2D eigenvalue weighted by atomic mass is 16.3. The number of furan rings is 1. The van der Waals surface area contributed by atoms with Gasteiger partial charge in [0.2, 0.25) is 0 Å². The van der Waals surface area contributed by atoms with Crippen molar-refractivity contribution in [3.8, 4) is 11.6 Å². The Morgan fingerprint density at radius 1 is 1.00 bits per heavy atom. The number of benzene rings is 2. The van der Waals surface area contributed by atoms with Gasteiger partial charge in [-0.2, -0.15) is 0 Å². The van der Waals surface area contributed by atoms with Crippen LogP contribution < -0.4 is 5.32 Å². The molecule has 152 valence electrons. The highest BCUT2D eigenvalue weighted by Crippen LogP contribution is 2.32. The van der Waals surface area contributed by atoms with Crippen molar-refractivity contribution < 1.29 is 9.21 Å². The van der Waals surface area contributed by atoms with Crippen LogP contribution in [0.25, 0.3) is 33.5 Å². The number of hydrogen-bond acceptors (Lipinski definition) is 6. The van der Waals surface area contributed by atoms with E-state index in [1.165, 1.54) is 25.9 Å². The summed E-state index contributed by atoms with van der Waals surface area (Å²) in [6.45, 7) is 4.35. The minimum Gasteiger partial charge on any atom is -0.452 e. The van der Waals surface area contributed by atoms with Crippen LogP contribution in [0.2, 0.25) is 0 Å². The third-order valence-electron chi connectivity index (χ3n) is 5.70. The molecular weight excluding hydrogens is 376 g/mol. The van der Waals surface area contributed by atoms with Crippen LogP contribution in [-0.4, -0.2) is 47.3 Å². The fraction of sp³-hybridized carbons (Fsp3) is 0.292. The van der Waals surface area contributed by atoms with Crippen LogP contribution in [0.4, 0.5) is 5.82 Å². The van der Waals surface area contributed by atoms with Crippen LogP contribution >= 0.6 is 0 Å². The third kappa shape index (κ3) is 3.55. The predicted octanol–water partition coefficient (Wildman–Crippen LogP) is 4.75. The number of fused-ring (bicyclic) bond motifs is 2. The molecule has 1 fully saturated rings. The molecule has 0 amide bonds. The summed E-state index contributed by atoms with van der Waals surface area (Å²) in [5.74, 6) is 1.61. The summed E-state index contributed by atoms with van der Waals surface area (Å²) >= 11 is 0. The smallest absolute Gasteiger partial charge is 0.199 e. The van der Waals surface area contributed by atoms with Gasteiger partial charge in [0.15, 0.2) is 17.9 Å². The van der Waals surface area contributed by atoms with Gasteiger partial charge >= 0.3 is 0 Å². The minimum absolute atomic E-state index is 0.414. The van der Waals surface area contributed by atoms with E-state index in [0.29, 0.717) is 22.7 Å². The number of carbonyl (C=O) groups is 1. The average Bonchev–Trinajstić information content (AvgIpc) is 3.44. The molecule has 6 heteroatoms. The molecule has 5 rings (SSSR count). The van der Waals surface area contributed by atoms with Crippen molar-refractivity contribution in [1.82, 2.24) is 14.9 Å². The average molecular weight is 400 g/mol. The lowest BCUT2D eigenvalue weighted by atomic mass is 10.1. The Kier molecular flexibility index (Phi) is 5.15. The fourth-order valence-electron chi connectivity index (χ4n) is 4.18. The first kappa shape index (κ1) is 18.8. The molecule has 0 aliphatic carbocycles. The number of para-hydroxylation sites is 2. The molecule has 30 heavy (non-hydrogen) atoms. The summed E-state index contributed by atoms with van der Waals surface area (Å²) in [6, 6.07) is 15.4. The largest absolute Gasteiger partial charge is 0.452 e. The lowest BCUT2D eigenvalue weighted by Gasteiger charge is -2.15. The number of likely N-dealkylation sites (tertiary alicyclic amines) is 1. The summed E-state index contributed by atoms with van der Waals surface area (Å²) < 4.78 is 5.98. The molecule has 0 unspecified atom stereocenters. The quantitative estimate of drug-likeness (QED) is 0.356. The van der Waals surface area contributed by atoms with Crippen molar-refractivity contribution in [2.45, 2.75) is 19.3 Å². The van der Waals surface area contributed by atoms with Crippen molar-refractivity contribution in [3.05, 3.63) is 54.1 Å². The first-order valence-corrected chi connectivity index (χ1v) is 10.5. The summed E-state index contributed by atoms with van der Waals surface area (Å²) in [7, 11) is 0. The maximum Gasteiger partial charge on any atom is 0.199 e. The van der Waals surface area contributed by atoms with E-state index in [1.54, 1.807) is 0 Å². The van der Waals surface area contributed by atoms with Crippen LogP contribution in [0, 0.1) is 0 Å². The number of anilines is 1. The molecule has 1 N–H and O–H groups in total. The molecule has 1 aliphatic heterocycles. The maximum absolute atomic E-state index is 11.8. The Labute approximate surface area is 174 Å². The van der Waals surface area contributed by atoms with Gasteiger partial charge in [-0.05, 0) is 57.1 Å². The summed E-state index contributed by atoms with van der Waals surface area (Å²) in [6.07, 6.45) is 4.49. The standard InChI is InChI=1S/C24H24N4O2/c29-16-19-17-8-2-4-11-21(17)30-22(19)24-26-20-10-3-1-9-18(20)23(27-24)25-12-7-15-28-13-5-6-14-28/h1-4,8-11,16H,5-7,12-15H2,(H,25,26,27). The zero-order valence-electron chi connectivity index (χ0n) is 16.8. The second-order valence-corrected chi connectivity index (χ2v) is 7.70. The van der Waals surface area contributed by atoms with E-state index in [9.17, 15) is 4.79 Å². The zero-order chi connectivity index (χ0) is 20.3. The molecule has 0 saturated carbocycles. The molecule has 2 aromatic carbocycles. The zero-order valence-corrected chi connectivity index (χ0v) is 16.8. The lowest BCUT2D eigenvalue weighted by Crippen LogP contribution is -2.22. The number of nitrogens with one attached hydrogen (secondary N) is 1. The maximum atomic E-state index is 11.8. The monoisotopic (exact) mass is 400 g/mol. The van der Waals surface area contributed by atoms with Crippen LogP contribution in [-0.2, 0) is 0 Å². The highest BCUT2D eigenvalue weighted by Gasteiger charge is 2.19. The van der Waals surface area contributed by atoms with E-state index >= 15 is 0 Å². The van der Waals surface area contributed by atoms with E-state index in [2.05, 4.69) is 15.2 Å². The van der Waals surface area contributed by atoms with Crippen molar-refractivity contribution in [3.63, 3.8) is 0 Å². The summed E-state index contributed by atoms with van der Waals surface area (Å²) in [4.78, 5) is 23.8. The van der Waals surface area contributed by atoms with Gasteiger partial charge in [-0.1, -0.05) is 30.3 Å². The molecule has 3 heterocycles. The molecule has 0 radical (unpaired) electrons. The van der Waals surface area contributed by atoms with Crippen molar-refractivity contribution >= 4 is 34.0 Å². The van der Waals surface area contributed by atoms with E-state index in [0.717, 1.165) is 47.9 Å². The van der Waals surface area contributed by atoms with Gasteiger partial charge in [0.25, 0.3) is 0 Å². The van der Waals surface area contributed by atoms with Crippen LogP contribution in [0.15, 0.2) is 52.9 Å². The topological polar surface area (TPSA) is 71.3 Å². The molecular formula is C24H24N4O2. The fourth-order valence-corrected chi connectivity index (χ4v) is 4.18. The number of carbonyl (C=O) groups excluding carboxylic acids is 1. The molecule has 0 atom stereocenters. The molecule has 0 bridgehead atoms.